The summed E-state index contributed by atoms with van der Waals surface area (Å²) in [6, 6.07) is 0. The first-order chi connectivity index (χ1) is 9.25. The summed E-state index contributed by atoms with van der Waals surface area (Å²) in [5.41, 5.74) is 0.151. The van der Waals surface area contributed by atoms with Gasteiger partial charge in [0.2, 0.25) is 0 Å². The molecule has 1 aliphatic heterocycles. The smallest absolute Gasteiger partial charge is 0.356 e. The molecule has 2 N–H and O–H groups in total. The van der Waals surface area contributed by atoms with Crippen molar-refractivity contribution in [1.82, 2.24) is 20.1 Å². The number of carboxylic acids is 1. The van der Waals surface area contributed by atoms with E-state index in [1.807, 2.05) is 11.8 Å². The van der Waals surface area contributed by atoms with E-state index in [4.69, 9.17) is 9.63 Å². The number of aromatic nitrogens is 4. The van der Waals surface area contributed by atoms with Gasteiger partial charge >= 0.3 is 5.97 Å². The maximum atomic E-state index is 11.0. The standard InChI is InChI=1S/C11H12N4O3S/c16-11(17)8-7(12-5-13-8)10-14-9(15-18-10)6-3-1-2-4-19-6/h5-6H,1-4H2,(H,12,13)(H,16,17). The summed E-state index contributed by atoms with van der Waals surface area (Å²) in [4.78, 5) is 21.7. The van der Waals surface area contributed by atoms with Gasteiger partial charge in [0.25, 0.3) is 5.89 Å². The molecule has 0 bridgehead atoms. The van der Waals surface area contributed by atoms with E-state index < -0.39 is 5.97 Å². The van der Waals surface area contributed by atoms with Crippen LogP contribution in [0.15, 0.2) is 10.9 Å². The van der Waals surface area contributed by atoms with Crippen LogP contribution in [0.2, 0.25) is 0 Å². The van der Waals surface area contributed by atoms with Crippen molar-refractivity contribution in [3.63, 3.8) is 0 Å². The number of thioether (sulfide) groups is 1. The van der Waals surface area contributed by atoms with Crippen LogP contribution in [0.3, 0.4) is 0 Å². The summed E-state index contributed by atoms with van der Waals surface area (Å²) in [6.07, 6.45) is 4.71. The summed E-state index contributed by atoms with van der Waals surface area (Å²) < 4.78 is 5.14. The first-order valence-electron chi connectivity index (χ1n) is 5.98. The highest BCUT2D eigenvalue weighted by Crippen LogP contribution is 2.37. The number of nitrogens with zero attached hydrogens (tertiary/aromatic N) is 3. The fourth-order valence-electron chi connectivity index (χ4n) is 2.03. The number of carboxylic acid groups (broad SMARTS) is 1. The number of imidazole rings is 1. The summed E-state index contributed by atoms with van der Waals surface area (Å²) in [6.45, 7) is 0. The highest BCUT2D eigenvalue weighted by molar-refractivity contribution is 7.99. The van der Waals surface area contributed by atoms with E-state index in [2.05, 4.69) is 20.1 Å². The lowest BCUT2D eigenvalue weighted by Crippen LogP contribution is -2.04. The Morgan fingerprint density at radius 1 is 1.53 bits per heavy atom. The Bertz CT molecular complexity index is 588. The molecule has 7 nitrogen and oxygen atoms in total. The van der Waals surface area contributed by atoms with Crippen LogP contribution in [0.5, 0.6) is 0 Å². The Kier molecular flexibility index (Phi) is 3.24. The Labute approximate surface area is 112 Å². The Morgan fingerprint density at radius 3 is 3.16 bits per heavy atom. The zero-order valence-corrected chi connectivity index (χ0v) is 10.8. The van der Waals surface area contributed by atoms with Gasteiger partial charge in [-0.25, -0.2) is 9.78 Å². The molecular formula is C11H12N4O3S. The number of aromatic amines is 1. The van der Waals surface area contributed by atoms with Gasteiger partial charge in [-0.3, -0.25) is 0 Å². The molecule has 0 saturated carbocycles. The summed E-state index contributed by atoms with van der Waals surface area (Å²) in [7, 11) is 0. The van der Waals surface area contributed by atoms with E-state index in [-0.39, 0.29) is 22.5 Å². The van der Waals surface area contributed by atoms with Crippen LogP contribution in [0.1, 0.15) is 40.8 Å². The van der Waals surface area contributed by atoms with Crippen molar-refractivity contribution in [2.24, 2.45) is 0 Å². The Hall–Kier alpha value is -1.83. The van der Waals surface area contributed by atoms with E-state index >= 15 is 0 Å². The largest absolute Gasteiger partial charge is 0.476 e. The zero-order valence-electron chi connectivity index (χ0n) is 10.00. The second-order valence-corrected chi connectivity index (χ2v) is 5.55. The number of hydrogen-bond acceptors (Lipinski definition) is 6. The van der Waals surface area contributed by atoms with Crippen LogP contribution in [-0.4, -0.2) is 36.9 Å². The van der Waals surface area contributed by atoms with Crippen molar-refractivity contribution in [1.29, 1.82) is 0 Å². The van der Waals surface area contributed by atoms with Crippen LogP contribution in [0.25, 0.3) is 11.6 Å². The molecule has 2 aromatic heterocycles. The van der Waals surface area contributed by atoms with Crippen molar-refractivity contribution < 1.29 is 14.4 Å². The average Bonchev–Trinajstić information content (AvgIpc) is 3.08. The van der Waals surface area contributed by atoms with Crippen LogP contribution in [-0.2, 0) is 0 Å². The van der Waals surface area contributed by atoms with Crippen LogP contribution in [0, 0.1) is 0 Å². The molecule has 1 aliphatic rings. The third-order valence-corrected chi connectivity index (χ3v) is 4.34. The molecule has 1 fully saturated rings. The van der Waals surface area contributed by atoms with E-state index in [0.717, 1.165) is 18.6 Å². The van der Waals surface area contributed by atoms with E-state index in [9.17, 15) is 4.79 Å². The lowest BCUT2D eigenvalue weighted by atomic mass is 10.2. The monoisotopic (exact) mass is 280 g/mol. The van der Waals surface area contributed by atoms with E-state index in [0.29, 0.717) is 5.82 Å². The predicted molar refractivity (Wildman–Crippen MR) is 67.9 cm³/mol. The molecular weight excluding hydrogens is 268 g/mol. The van der Waals surface area contributed by atoms with Crippen LogP contribution < -0.4 is 0 Å². The van der Waals surface area contributed by atoms with Gasteiger partial charge in [-0.1, -0.05) is 11.6 Å². The third kappa shape index (κ3) is 2.35. The lowest BCUT2D eigenvalue weighted by molar-refractivity contribution is 0.0691. The van der Waals surface area contributed by atoms with Crippen molar-refractivity contribution in [3.8, 4) is 11.6 Å². The molecule has 19 heavy (non-hydrogen) atoms. The van der Waals surface area contributed by atoms with Gasteiger partial charge in [-0.15, -0.1) is 0 Å². The maximum absolute atomic E-state index is 11.0. The molecule has 0 amide bonds. The molecule has 1 saturated heterocycles. The molecule has 100 valence electrons. The highest BCUT2D eigenvalue weighted by Gasteiger charge is 2.24. The number of hydrogen-bond donors (Lipinski definition) is 2. The van der Waals surface area contributed by atoms with Gasteiger partial charge in [-0.2, -0.15) is 16.7 Å². The van der Waals surface area contributed by atoms with Crippen molar-refractivity contribution in [2.45, 2.75) is 24.5 Å². The number of nitrogens with one attached hydrogen (secondary N) is 1. The van der Waals surface area contributed by atoms with Crippen LogP contribution in [0.4, 0.5) is 0 Å². The molecule has 0 aliphatic carbocycles. The predicted octanol–water partition coefficient (Wildman–Crippen LogP) is 2.12. The van der Waals surface area contributed by atoms with Crippen molar-refractivity contribution in [2.75, 3.05) is 5.75 Å². The SMILES string of the molecule is O=C(O)c1nc[nH]c1-c1nc(C2CCCCS2)no1. The molecule has 2 aromatic rings. The molecule has 3 heterocycles. The van der Waals surface area contributed by atoms with Gasteiger partial charge < -0.3 is 14.6 Å². The number of rotatable bonds is 3. The van der Waals surface area contributed by atoms with E-state index in [1.54, 1.807) is 0 Å². The van der Waals surface area contributed by atoms with Crippen LogP contribution >= 0.6 is 11.8 Å². The minimum atomic E-state index is -1.12. The minimum absolute atomic E-state index is 0.105. The molecule has 0 aromatic carbocycles. The normalized spacial score (nSPS) is 19.5. The van der Waals surface area contributed by atoms with Crippen molar-refractivity contribution in [3.05, 3.63) is 17.8 Å². The zero-order chi connectivity index (χ0) is 13.2. The molecule has 1 atom stereocenters. The molecule has 3 rings (SSSR count). The molecule has 8 heteroatoms. The Morgan fingerprint density at radius 2 is 2.42 bits per heavy atom. The summed E-state index contributed by atoms with van der Waals surface area (Å²) in [5, 5.41) is 13.2. The lowest BCUT2D eigenvalue weighted by Gasteiger charge is -2.17. The average molecular weight is 280 g/mol. The minimum Gasteiger partial charge on any atom is -0.476 e. The van der Waals surface area contributed by atoms with Gasteiger partial charge in [0.1, 0.15) is 5.69 Å². The molecule has 0 spiro atoms. The van der Waals surface area contributed by atoms with Crippen molar-refractivity contribution >= 4 is 17.7 Å². The van der Waals surface area contributed by atoms with Gasteiger partial charge in [0.15, 0.2) is 11.5 Å². The van der Waals surface area contributed by atoms with Gasteiger partial charge in [0.05, 0.1) is 11.6 Å². The fraction of sp³-hybridized carbons (Fsp3) is 0.455. The first-order valence-corrected chi connectivity index (χ1v) is 7.03. The number of H-pyrrole nitrogens is 1. The fourth-order valence-corrected chi connectivity index (χ4v) is 3.26. The van der Waals surface area contributed by atoms with Gasteiger partial charge in [0, 0.05) is 0 Å². The second kappa shape index (κ2) is 5.04. The Balaban J connectivity index is 1.88. The number of aromatic carboxylic acids is 1. The quantitative estimate of drug-likeness (QED) is 0.887. The van der Waals surface area contributed by atoms with E-state index in [1.165, 1.54) is 12.7 Å². The maximum Gasteiger partial charge on any atom is 0.356 e. The highest BCUT2D eigenvalue weighted by atomic mass is 32.2. The number of carbonyl (C=O) groups is 1. The summed E-state index contributed by atoms with van der Waals surface area (Å²) >= 11 is 1.81. The molecule has 1 unspecified atom stereocenters. The van der Waals surface area contributed by atoms with Gasteiger partial charge in [-0.05, 0) is 18.6 Å². The topological polar surface area (TPSA) is 105 Å². The molecule has 0 radical (unpaired) electrons. The summed E-state index contributed by atoms with van der Waals surface area (Å²) in [5.74, 6) is 0.781. The first kappa shape index (κ1) is 12.2. The second-order valence-electron chi connectivity index (χ2n) is 4.24. The third-order valence-electron chi connectivity index (χ3n) is 2.97.